The van der Waals surface area contributed by atoms with Crippen molar-refractivity contribution in [1.29, 1.82) is 0 Å². The summed E-state index contributed by atoms with van der Waals surface area (Å²) in [6, 6.07) is 21.3. The molecule has 1 heterocycles. The fourth-order valence-electron chi connectivity index (χ4n) is 5.07. The van der Waals surface area contributed by atoms with Crippen LogP contribution in [0.2, 0.25) is 0 Å². The highest BCUT2D eigenvalue weighted by Gasteiger charge is 2.22. The molecule has 0 saturated carbocycles. The van der Waals surface area contributed by atoms with Gasteiger partial charge in [-0.15, -0.1) is 0 Å². The van der Waals surface area contributed by atoms with Gasteiger partial charge in [-0.2, -0.15) is 4.98 Å². The first-order chi connectivity index (χ1) is 22.1. The van der Waals surface area contributed by atoms with Gasteiger partial charge in [-0.1, -0.05) is 102 Å². The van der Waals surface area contributed by atoms with Crippen LogP contribution in [-0.4, -0.2) is 46.7 Å². The summed E-state index contributed by atoms with van der Waals surface area (Å²) >= 11 is 0. The first-order valence-electron chi connectivity index (χ1n) is 16.0. The number of aromatic nitrogens is 2. The van der Waals surface area contributed by atoms with E-state index in [2.05, 4.69) is 43.0 Å². The van der Waals surface area contributed by atoms with Gasteiger partial charge in [0.05, 0.1) is 19.3 Å². The zero-order valence-corrected chi connectivity index (χ0v) is 27.5. The van der Waals surface area contributed by atoms with Gasteiger partial charge in [-0.25, -0.2) is 9.78 Å². The van der Waals surface area contributed by atoms with E-state index in [1.165, 1.54) is 25.7 Å². The molecule has 0 fully saturated rings. The molecular weight excluding hydrogens is 578 g/mol. The van der Waals surface area contributed by atoms with E-state index in [0.29, 0.717) is 23.9 Å². The molecule has 242 valence electrons. The van der Waals surface area contributed by atoms with Crippen molar-refractivity contribution in [3.8, 4) is 34.1 Å². The van der Waals surface area contributed by atoms with Crippen molar-refractivity contribution in [2.75, 3.05) is 13.7 Å². The molecule has 0 bridgehead atoms. The topological polar surface area (TPSA) is 111 Å². The molecule has 1 aromatic heterocycles. The van der Waals surface area contributed by atoms with Crippen LogP contribution >= 0.6 is 0 Å². The monoisotopic (exact) mass is 623 g/mol. The lowest BCUT2D eigenvalue weighted by molar-refractivity contribution is -0.139. The van der Waals surface area contributed by atoms with Crippen LogP contribution in [0.5, 0.6) is 11.6 Å². The lowest BCUT2D eigenvalue weighted by Gasteiger charge is -2.19. The maximum Gasteiger partial charge on any atom is 0.326 e. The van der Waals surface area contributed by atoms with Crippen molar-refractivity contribution in [1.82, 2.24) is 15.3 Å². The number of carboxylic acid groups (broad SMARTS) is 1. The van der Waals surface area contributed by atoms with Gasteiger partial charge >= 0.3 is 5.97 Å². The van der Waals surface area contributed by atoms with Crippen molar-refractivity contribution < 1.29 is 24.2 Å². The van der Waals surface area contributed by atoms with Crippen LogP contribution in [0.3, 0.4) is 0 Å². The van der Waals surface area contributed by atoms with E-state index in [9.17, 15) is 14.7 Å². The molecule has 0 spiro atoms. The van der Waals surface area contributed by atoms with Gasteiger partial charge in [-0.3, -0.25) is 4.79 Å². The van der Waals surface area contributed by atoms with Gasteiger partial charge in [-0.05, 0) is 52.8 Å². The van der Waals surface area contributed by atoms with E-state index in [1.54, 1.807) is 25.4 Å². The van der Waals surface area contributed by atoms with Crippen molar-refractivity contribution in [3.63, 3.8) is 0 Å². The summed E-state index contributed by atoms with van der Waals surface area (Å²) in [5, 5.41) is 12.5. The van der Waals surface area contributed by atoms with Crippen LogP contribution in [0.15, 0.2) is 79.0 Å². The quantitative estimate of drug-likeness (QED) is 0.130. The number of carboxylic acids is 1. The molecule has 0 unspecified atom stereocenters. The number of amides is 1. The molecule has 0 aliphatic heterocycles. The standard InChI is InChI=1S/C38H45N3O5/c1-6-7-8-9-10-23-46-31-21-17-27(18-22-31)32-25-39-34(41-36(32)45-5)28-13-11-26(12-14-28)24-33(37(43)44)40-35(42)29-15-19-30(20-16-29)38(2,3)4/h11-22,25,33H,6-10,23-24H2,1-5H3,(H,40,42)(H,43,44)/t33-/m0/s1. The number of rotatable bonds is 15. The minimum absolute atomic E-state index is 0.0440. The van der Waals surface area contributed by atoms with Gasteiger partial charge in [0.25, 0.3) is 5.91 Å². The van der Waals surface area contributed by atoms with Crippen molar-refractivity contribution in [2.24, 2.45) is 0 Å². The lowest BCUT2D eigenvalue weighted by atomic mass is 9.86. The Bertz CT molecular complexity index is 1580. The second kappa shape index (κ2) is 16.0. The summed E-state index contributed by atoms with van der Waals surface area (Å²) in [6.45, 7) is 9.21. The largest absolute Gasteiger partial charge is 0.494 e. The van der Waals surface area contributed by atoms with Crippen molar-refractivity contribution >= 4 is 11.9 Å². The maximum absolute atomic E-state index is 12.8. The van der Waals surface area contributed by atoms with Crippen LogP contribution < -0.4 is 14.8 Å². The molecule has 0 aliphatic carbocycles. The van der Waals surface area contributed by atoms with Crippen LogP contribution in [0, 0.1) is 0 Å². The number of ether oxygens (including phenoxy) is 2. The molecule has 46 heavy (non-hydrogen) atoms. The summed E-state index contributed by atoms with van der Waals surface area (Å²) in [5.74, 6) is 0.231. The number of hydrogen-bond acceptors (Lipinski definition) is 6. The molecule has 1 atom stereocenters. The fourth-order valence-corrected chi connectivity index (χ4v) is 5.07. The zero-order chi connectivity index (χ0) is 33.1. The van der Waals surface area contributed by atoms with E-state index >= 15 is 0 Å². The molecule has 4 aromatic rings. The Morgan fingerprint density at radius 1 is 0.870 bits per heavy atom. The predicted octanol–water partition coefficient (Wildman–Crippen LogP) is 7.89. The van der Waals surface area contributed by atoms with Crippen molar-refractivity contribution in [3.05, 3.63) is 95.7 Å². The molecule has 0 aliphatic rings. The van der Waals surface area contributed by atoms with E-state index < -0.39 is 17.9 Å². The molecule has 0 saturated heterocycles. The van der Waals surface area contributed by atoms with Gasteiger partial charge < -0.3 is 19.9 Å². The number of carbonyl (C=O) groups excluding carboxylic acids is 1. The number of benzene rings is 3. The van der Waals surface area contributed by atoms with Gasteiger partial charge in [0.1, 0.15) is 11.8 Å². The molecule has 8 heteroatoms. The molecule has 4 rings (SSSR count). The van der Waals surface area contributed by atoms with Crippen LogP contribution in [0.1, 0.15) is 81.3 Å². The normalized spacial score (nSPS) is 11.9. The SMILES string of the molecule is CCCCCCCOc1ccc(-c2cnc(-c3ccc(C[C@H](NC(=O)c4ccc(C(C)(C)C)cc4)C(=O)O)cc3)nc2OC)cc1. The van der Waals surface area contributed by atoms with Gasteiger partial charge in [0, 0.05) is 23.7 Å². The summed E-state index contributed by atoms with van der Waals surface area (Å²) in [7, 11) is 1.58. The van der Waals surface area contributed by atoms with Crippen LogP contribution in [-0.2, 0) is 16.6 Å². The number of unbranched alkanes of at least 4 members (excludes halogenated alkanes) is 4. The highest BCUT2D eigenvalue weighted by Crippen LogP contribution is 2.31. The number of nitrogens with one attached hydrogen (secondary N) is 1. The van der Waals surface area contributed by atoms with E-state index in [1.807, 2.05) is 60.7 Å². The van der Waals surface area contributed by atoms with E-state index in [0.717, 1.165) is 40.0 Å². The summed E-state index contributed by atoms with van der Waals surface area (Å²) < 4.78 is 11.5. The van der Waals surface area contributed by atoms with Crippen LogP contribution in [0.4, 0.5) is 0 Å². The fraction of sp³-hybridized carbons (Fsp3) is 0.368. The summed E-state index contributed by atoms with van der Waals surface area (Å²) in [5.41, 5.74) is 4.66. The van der Waals surface area contributed by atoms with E-state index in [4.69, 9.17) is 9.47 Å². The summed E-state index contributed by atoms with van der Waals surface area (Å²) in [4.78, 5) is 34.1. The van der Waals surface area contributed by atoms with Gasteiger partial charge in [0.15, 0.2) is 5.82 Å². The highest BCUT2D eigenvalue weighted by molar-refractivity contribution is 5.96. The zero-order valence-electron chi connectivity index (χ0n) is 27.5. The Morgan fingerprint density at radius 3 is 2.13 bits per heavy atom. The number of methoxy groups -OCH3 is 1. The van der Waals surface area contributed by atoms with Crippen molar-refractivity contribution in [2.45, 2.75) is 77.7 Å². The lowest BCUT2D eigenvalue weighted by Crippen LogP contribution is -2.42. The number of hydrogen-bond donors (Lipinski definition) is 2. The molecule has 1 amide bonds. The third kappa shape index (κ3) is 9.39. The molecule has 8 nitrogen and oxygen atoms in total. The second-order valence-electron chi connectivity index (χ2n) is 12.5. The molecule has 0 radical (unpaired) electrons. The highest BCUT2D eigenvalue weighted by atomic mass is 16.5. The second-order valence-corrected chi connectivity index (χ2v) is 12.5. The first-order valence-corrected chi connectivity index (χ1v) is 16.0. The Balaban J connectivity index is 1.39. The molecular formula is C38H45N3O5. The minimum atomic E-state index is -1.10. The summed E-state index contributed by atoms with van der Waals surface area (Å²) in [6.07, 6.45) is 7.85. The number of nitrogens with zero attached hydrogens (tertiary/aromatic N) is 2. The molecule has 3 aromatic carbocycles. The Kier molecular flexibility index (Phi) is 11.9. The van der Waals surface area contributed by atoms with Gasteiger partial charge in [0.2, 0.25) is 5.88 Å². The Labute approximate surface area is 272 Å². The Hall–Kier alpha value is -4.72. The van der Waals surface area contributed by atoms with Crippen LogP contribution in [0.25, 0.3) is 22.5 Å². The molecule has 2 N–H and O–H groups in total. The smallest absolute Gasteiger partial charge is 0.326 e. The first kappa shape index (κ1) is 34.2. The third-order valence-corrected chi connectivity index (χ3v) is 7.90. The predicted molar refractivity (Wildman–Crippen MR) is 181 cm³/mol. The number of aliphatic carboxylic acids is 1. The number of carbonyl (C=O) groups is 2. The average molecular weight is 624 g/mol. The van der Waals surface area contributed by atoms with E-state index in [-0.39, 0.29) is 11.8 Å². The minimum Gasteiger partial charge on any atom is -0.494 e. The third-order valence-electron chi connectivity index (χ3n) is 7.90. The Morgan fingerprint density at radius 2 is 1.52 bits per heavy atom. The maximum atomic E-state index is 12.8. The average Bonchev–Trinajstić information content (AvgIpc) is 3.06.